The molecule has 26 heavy (non-hydrogen) atoms. The number of anilines is 2. The molecule has 2 amide bonds. The van der Waals surface area contributed by atoms with Gasteiger partial charge in [0.15, 0.2) is 0 Å². The van der Waals surface area contributed by atoms with Gasteiger partial charge in [-0.25, -0.2) is 0 Å². The summed E-state index contributed by atoms with van der Waals surface area (Å²) in [6, 6.07) is 15.6. The fraction of sp³-hybridized carbons (Fsp3) is 0.333. The summed E-state index contributed by atoms with van der Waals surface area (Å²) >= 11 is 0. The van der Waals surface area contributed by atoms with E-state index >= 15 is 0 Å². The molecule has 3 rings (SSSR count). The molecule has 1 saturated carbocycles. The van der Waals surface area contributed by atoms with Gasteiger partial charge in [0.2, 0.25) is 11.8 Å². The van der Waals surface area contributed by atoms with Crippen LogP contribution in [0.2, 0.25) is 0 Å². The van der Waals surface area contributed by atoms with Gasteiger partial charge in [0.25, 0.3) is 0 Å². The second-order valence-corrected chi connectivity index (χ2v) is 6.80. The van der Waals surface area contributed by atoms with Gasteiger partial charge < -0.3 is 16.0 Å². The lowest BCUT2D eigenvalue weighted by Gasteiger charge is -2.16. The average Bonchev–Trinajstić information content (AvgIpc) is 3.49. The van der Waals surface area contributed by atoms with Crippen molar-refractivity contribution in [1.82, 2.24) is 5.32 Å². The third kappa shape index (κ3) is 4.70. The second-order valence-electron chi connectivity index (χ2n) is 6.80. The Labute approximate surface area is 154 Å². The van der Waals surface area contributed by atoms with Crippen LogP contribution in [0, 0.1) is 12.8 Å². The Morgan fingerprint density at radius 2 is 1.65 bits per heavy atom. The van der Waals surface area contributed by atoms with E-state index in [0.717, 1.165) is 35.3 Å². The topological polar surface area (TPSA) is 70.2 Å². The molecule has 1 fully saturated rings. The maximum atomic E-state index is 12.3. The quantitative estimate of drug-likeness (QED) is 0.713. The molecule has 0 aliphatic heterocycles. The summed E-state index contributed by atoms with van der Waals surface area (Å²) < 4.78 is 0. The van der Waals surface area contributed by atoms with Crippen molar-refractivity contribution in [2.75, 3.05) is 17.2 Å². The van der Waals surface area contributed by atoms with E-state index in [2.05, 4.69) is 16.0 Å². The number of hydrogen-bond acceptors (Lipinski definition) is 3. The highest BCUT2D eigenvalue weighted by Crippen LogP contribution is 2.31. The van der Waals surface area contributed by atoms with E-state index in [0.29, 0.717) is 0 Å². The van der Waals surface area contributed by atoms with Crippen molar-refractivity contribution in [3.05, 3.63) is 59.7 Å². The summed E-state index contributed by atoms with van der Waals surface area (Å²) in [6.45, 7) is 4.15. The minimum Gasteiger partial charge on any atom is -0.326 e. The van der Waals surface area contributed by atoms with E-state index in [9.17, 15) is 9.59 Å². The number of hydrogen-bond donors (Lipinski definition) is 3. The van der Waals surface area contributed by atoms with Gasteiger partial charge in [0.05, 0.1) is 6.54 Å². The molecule has 2 aromatic rings. The molecule has 2 aromatic carbocycles. The van der Waals surface area contributed by atoms with Gasteiger partial charge in [-0.1, -0.05) is 36.4 Å². The van der Waals surface area contributed by atoms with Crippen LogP contribution in [0.4, 0.5) is 11.4 Å². The molecule has 1 aliphatic rings. The zero-order valence-corrected chi connectivity index (χ0v) is 15.2. The Morgan fingerprint density at radius 1 is 1.00 bits per heavy atom. The third-order valence-electron chi connectivity index (χ3n) is 4.68. The van der Waals surface area contributed by atoms with Crippen LogP contribution in [-0.2, 0) is 9.59 Å². The first-order valence-electron chi connectivity index (χ1n) is 9.03. The molecule has 0 aromatic heterocycles. The summed E-state index contributed by atoms with van der Waals surface area (Å²) in [5.41, 5.74) is 3.48. The van der Waals surface area contributed by atoms with Crippen molar-refractivity contribution in [1.29, 1.82) is 0 Å². The SMILES string of the molecule is Cc1c(NC(=O)CNC(C)c2ccccc2)cccc1NC(=O)C1CC1. The number of nitrogens with one attached hydrogen (secondary N) is 3. The highest BCUT2D eigenvalue weighted by Gasteiger charge is 2.29. The summed E-state index contributed by atoms with van der Waals surface area (Å²) in [5.74, 6) is 0.104. The smallest absolute Gasteiger partial charge is 0.238 e. The van der Waals surface area contributed by atoms with E-state index in [-0.39, 0.29) is 30.3 Å². The molecule has 0 heterocycles. The number of amides is 2. The minimum atomic E-state index is -0.110. The predicted molar refractivity (Wildman–Crippen MR) is 104 cm³/mol. The molecule has 1 atom stereocenters. The molecule has 1 unspecified atom stereocenters. The summed E-state index contributed by atoms with van der Waals surface area (Å²) in [6.07, 6.45) is 1.93. The van der Waals surface area contributed by atoms with Gasteiger partial charge in [0.1, 0.15) is 0 Å². The fourth-order valence-corrected chi connectivity index (χ4v) is 2.79. The maximum absolute atomic E-state index is 12.3. The fourth-order valence-electron chi connectivity index (χ4n) is 2.79. The molecule has 1 aliphatic carbocycles. The van der Waals surface area contributed by atoms with Crippen molar-refractivity contribution < 1.29 is 9.59 Å². The van der Waals surface area contributed by atoms with Gasteiger partial charge in [-0.2, -0.15) is 0 Å². The van der Waals surface area contributed by atoms with Gasteiger partial charge in [-0.05, 0) is 49.9 Å². The Bertz CT molecular complexity index is 785. The molecule has 5 nitrogen and oxygen atoms in total. The third-order valence-corrected chi connectivity index (χ3v) is 4.68. The summed E-state index contributed by atoms with van der Waals surface area (Å²) in [4.78, 5) is 24.3. The minimum absolute atomic E-state index is 0.0647. The van der Waals surface area contributed by atoms with Crippen molar-refractivity contribution in [2.24, 2.45) is 5.92 Å². The first-order chi connectivity index (χ1) is 12.5. The van der Waals surface area contributed by atoms with Crippen molar-refractivity contribution in [2.45, 2.75) is 32.7 Å². The number of carbonyl (C=O) groups excluding carboxylic acids is 2. The first-order valence-corrected chi connectivity index (χ1v) is 9.03. The van der Waals surface area contributed by atoms with Crippen LogP contribution in [0.1, 0.15) is 36.9 Å². The van der Waals surface area contributed by atoms with Gasteiger partial charge in [-0.15, -0.1) is 0 Å². The zero-order chi connectivity index (χ0) is 18.5. The maximum Gasteiger partial charge on any atom is 0.238 e. The van der Waals surface area contributed by atoms with Gasteiger partial charge >= 0.3 is 0 Å². The monoisotopic (exact) mass is 351 g/mol. The standard InChI is InChI=1S/C21H25N3O2/c1-14-18(9-6-10-19(14)24-21(26)17-11-12-17)23-20(25)13-22-15(2)16-7-4-3-5-8-16/h3-10,15,17,22H,11-13H2,1-2H3,(H,23,25)(H,24,26). The average molecular weight is 351 g/mol. The number of carbonyl (C=O) groups is 2. The van der Waals surface area contributed by atoms with E-state index in [1.807, 2.05) is 62.4 Å². The van der Waals surface area contributed by atoms with Crippen molar-refractivity contribution in [3.8, 4) is 0 Å². The molecule has 0 radical (unpaired) electrons. The molecule has 0 spiro atoms. The van der Waals surface area contributed by atoms with E-state index in [1.165, 1.54) is 0 Å². The lowest BCUT2D eigenvalue weighted by molar-refractivity contribution is -0.117. The number of benzene rings is 2. The number of rotatable bonds is 7. The molecular weight excluding hydrogens is 326 g/mol. The van der Waals surface area contributed by atoms with Crippen LogP contribution in [0.5, 0.6) is 0 Å². The van der Waals surface area contributed by atoms with E-state index in [1.54, 1.807) is 0 Å². The predicted octanol–water partition coefficient (Wildman–Crippen LogP) is 3.63. The Morgan fingerprint density at radius 3 is 2.31 bits per heavy atom. The Balaban J connectivity index is 1.56. The van der Waals surface area contributed by atoms with Crippen molar-refractivity contribution >= 4 is 23.2 Å². The van der Waals surface area contributed by atoms with Gasteiger partial charge in [0, 0.05) is 23.3 Å². The molecule has 136 valence electrons. The lowest BCUT2D eigenvalue weighted by atomic mass is 10.1. The van der Waals surface area contributed by atoms with E-state index in [4.69, 9.17) is 0 Å². The molecule has 0 saturated heterocycles. The Hall–Kier alpha value is -2.66. The van der Waals surface area contributed by atoms with Gasteiger partial charge in [-0.3, -0.25) is 9.59 Å². The van der Waals surface area contributed by atoms with Crippen LogP contribution >= 0.6 is 0 Å². The highest BCUT2D eigenvalue weighted by molar-refractivity contribution is 5.97. The van der Waals surface area contributed by atoms with E-state index < -0.39 is 0 Å². The molecule has 5 heteroatoms. The zero-order valence-electron chi connectivity index (χ0n) is 15.2. The molecular formula is C21H25N3O2. The largest absolute Gasteiger partial charge is 0.326 e. The summed E-state index contributed by atoms with van der Waals surface area (Å²) in [5, 5.41) is 9.10. The molecule has 3 N–H and O–H groups in total. The molecule has 0 bridgehead atoms. The first kappa shape index (κ1) is 18.1. The second kappa shape index (κ2) is 8.15. The lowest BCUT2D eigenvalue weighted by Crippen LogP contribution is -2.30. The Kier molecular flexibility index (Phi) is 5.68. The highest BCUT2D eigenvalue weighted by atomic mass is 16.2. The normalized spacial score (nSPS) is 14.5. The van der Waals surface area contributed by atoms with Crippen molar-refractivity contribution in [3.63, 3.8) is 0 Å². The van der Waals surface area contributed by atoms with Crippen LogP contribution in [0.15, 0.2) is 48.5 Å². The summed E-state index contributed by atoms with van der Waals surface area (Å²) in [7, 11) is 0. The van der Waals surface area contributed by atoms with Crippen LogP contribution in [-0.4, -0.2) is 18.4 Å². The van der Waals surface area contributed by atoms with Crippen LogP contribution in [0.25, 0.3) is 0 Å². The van der Waals surface area contributed by atoms with Crippen LogP contribution < -0.4 is 16.0 Å². The van der Waals surface area contributed by atoms with Crippen LogP contribution in [0.3, 0.4) is 0 Å².